The Labute approximate surface area is 109 Å². The number of fused-ring (bicyclic) bond motifs is 1. The minimum atomic E-state index is -0.0453. The highest BCUT2D eigenvalue weighted by molar-refractivity contribution is 7.20. The first-order valence-corrected chi connectivity index (χ1v) is 6.78. The van der Waals surface area contributed by atoms with Crippen molar-refractivity contribution in [2.75, 3.05) is 13.1 Å². The first-order chi connectivity index (χ1) is 8.58. The highest BCUT2D eigenvalue weighted by Crippen LogP contribution is 2.23. The Hall–Kier alpha value is -1.62. The van der Waals surface area contributed by atoms with Crippen LogP contribution < -0.4 is 5.56 Å². The van der Waals surface area contributed by atoms with Crippen molar-refractivity contribution in [3.63, 3.8) is 0 Å². The van der Waals surface area contributed by atoms with Crippen molar-refractivity contribution in [2.45, 2.75) is 13.8 Å². The number of aryl methyl sites for hydroxylation is 1. The largest absolute Gasteiger partial charge is 0.339 e. The first kappa shape index (κ1) is 12.8. The molecule has 5 heteroatoms. The van der Waals surface area contributed by atoms with Crippen molar-refractivity contribution in [1.82, 2.24) is 9.47 Å². The molecular weight excluding hydrogens is 248 g/mol. The zero-order valence-electron chi connectivity index (χ0n) is 10.8. The number of thiophene rings is 1. The first-order valence-electron chi connectivity index (χ1n) is 5.97. The zero-order valence-corrected chi connectivity index (χ0v) is 11.6. The van der Waals surface area contributed by atoms with Crippen molar-refractivity contribution in [3.8, 4) is 0 Å². The summed E-state index contributed by atoms with van der Waals surface area (Å²) in [5, 5.41) is 0.846. The van der Waals surface area contributed by atoms with Crippen LogP contribution in [0.5, 0.6) is 0 Å². The van der Waals surface area contributed by atoms with E-state index in [1.807, 2.05) is 26.0 Å². The molecule has 0 fully saturated rings. The van der Waals surface area contributed by atoms with Crippen molar-refractivity contribution in [3.05, 3.63) is 33.6 Å². The van der Waals surface area contributed by atoms with E-state index in [4.69, 9.17) is 0 Å². The van der Waals surface area contributed by atoms with E-state index in [9.17, 15) is 9.59 Å². The molecule has 0 aliphatic carbocycles. The number of carbonyl (C=O) groups excluding carboxylic acids is 1. The summed E-state index contributed by atoms with van der Waals surface area (Å²) in [6.07, 6.45) is 1.73. The average Bonchev–Trinajstić information content (AvgIpc) is 2.80. The topological polar surface area (TPSA) is 42.3 Å². The van der Waals surface area contributed by atoms with Gasteiger partial charge in [-0.15, -0.1) is 11.3 Å². The molecule has 2 rings (SSSR count). The Bertz CT molecular complexity index is 638. The Balaban J connectivity index is 2.51. The molecule has 96 valence electrons. The molecule has 18 heavy (non-hydrogen) atoms. The molecule has 0 N–H and O–H groups in total. The van der Waals surface area contributed by atoms with Crippen molar-refractivity contribution in [1.29, 1.82) is 0 Å². The Morgan fingerprint density at radius 1 is 1.39 bits per heavy atom. The number of amides is 1. The van der Waals surface area contributed by atoms with Crippen LogP contribution in [0.15, 0.2) is 23.1 Å². The Morgan fingerprint density at radius 3 is 2.67 bits per heavy atom. The molecule has 0 aromatic carbocycles. The number of rotatable bonds is 3. The highest BCUT2D eigenvalue weighted by atomic mass is 32.1. The molecular formula is C13H16N2O2S. The van der Waals surface area contributed by atoms with Gasteiger partial charge >= 0.3 is 0 Å². The lowest BCUT2D eigenvalue weighted by Gasteiger charge is -2.17. The SMILES string of the molecule is CCN(CC)C(=O)c1cc2ccn(C)c(=O)c2s1. The van der Waals surface area contributed by atoms with E-state index in [2.05, 4.69) is 0 Å². The molecule has 0 saturated heterocycles. The number of nitrogens with zero attached hydrogens (tertiary/aromatic N) is 2. The second-order valence-electron chi connectivity index (χ2n) is 4.10. The molecule has 0 bridgehead atoms. The summed E-state index contributed by atoms with van der Waals surface area (Å²) >= 11 is 1.28. The van der Waals surface area contributed by atoms with Crippen LogP contribution in [0.1, 0.15) is 23.5 Å². The van der Waals surface area contributed by atoms with Crippen LogP contribution in [-0.4, -0.2) is 28.5 Å². The van der Waals surface area contributed by atoms with Gasteiger partial charge in [-0.1, -0.05) is 0 Å². The zero-order chi connectivity index (χ0) is 13.3. The van der Waals surface area contributed by atoms with Crippen LogP contribution >= 0.6 is 11.3 Å². The molecule has 4 nitrogen and oxygen atoms in total. The number of hydrogen-bond donors (Lipinski definition) is 0. The monoisotopic (exact) mass is 264 g/mol. The number of carbonyl (C=O) groups is 1. The molecule has 2 aromatic heterocycles. The Morgan fingerprint density at radius 2 is 2.06 bits per heavy atom. The summed E-state index contributed by atoms with van der Waals surface area (Å²) in [6, 6.07) is 3.67. The summed E-state index contributed by atoms with van der Waals surface area (Å²) in [6.45, 7) is 5.27. The van der Waals surface area contributed by atoms with E-state index >= 15 is 0 Å². The molecule has 0 aliphatic rings. The van der Waals surface area contributed by atoms with Gasteiger partial charge in [0.05, 0.1) is 4.88 Å². The minimum Gasteiger partial charge on any atom is -0.339 e. The van der Waals surface area contributed by atoms with Crippen LogP contribution in [0.25, 0.3) is 10.1 Å². The van der Waals surface area contributed by atoms with Gasteiger partial charge in [0, 0.05) is 31.7 Å². The molecule has 1 amide bonds. The van der Waals surface area contributed by atoms with Crippen LogP contribution in [0.2, 0.25) is 0 Å². The third kappa shape index (κ3) is 2.06. The Kier molecular flexibility index (Phi) is 3.52. The summed E-state index contributed by atoms with van der Waals surface area (Å²) < 4.78 is 2.18. The van der Waals surface area contributed by atoms with E-state index < -0.39 is 0 Å². The van der Waals surface area contributed by atoms with Gasteiger partial charge in [0.25, 0.3) is 11.5 Å². The van der Waals surface area contributed by atoms with Gasteiger partial charge in [-0.3, -0.25) is 9.59 Å². The molecule has 2 aromatic rings. The van der Waals surface area contributed by atoms with Gasteiger partial charge in [0.2, 0.25) is 0 Å². The standard InChI is InChI=1S/C13H16N2O2S/c1-4-15(5-2)12(16)10-8-9-6-7-14(3)13(17)11(9)18-10/h6-8H,4-5H2,1-3H3. The van der Waals surface area contributed by atoms with E-state index in [-0.39, 0.29) is 11.5 Å². The summed E-state index contributed by atoms with van der Waals surface area (Å²) in [5.74, 6) is 0.00301. The van der Waals surface area contributed by atoms with Crippen molar-refractivity contribution in [2.24, 2.45) is 7.05 Å². The fourth-order valence-electron chi connectivity index (χ4n) is 1.89. The van der Waals surface area contributed by atoms with E-state index in [0.29, 0.717) is 22.7 Å². The summed E-state index contributed by atoms with van der Waals surface area (Å²) in [5.41, 5.74) is -0.0453. The molecule has 0 saturated carbocycles. The lowest BCUT2D eigenvalue weighted by Crippen LogP contribution is -2.29. The van der Waals surface area contributed by atoms with Crippen LogP contribution in [0, 0.1) is 0 Å². The second-order valence-corrected chi connectivity index (χ2v) is 5.16. The van der Waals surface area contributed by atoms with Gasteiger partial charge in [-0.05, 0) is 26.0 Å². The maximum absolute atomic E-state index is 12.2. The van der Waals surface area contributed by atoms with Crippen LogP contribution in [0.3, 0.4) is 0 Å². The maximum Gasteiger partial charge on any atom is 0.268 e. The third-order valence-electron chi connectivity index (χ3n) is 3.01. The van der Waals surface area contributed by atoms with Crippen molar-refractivity contribution >= 4 is 27.3 Å². The number of aromatic nitrogens is 1. The fourth-order valence-corrected chi connectivity index (χ4v) is 2.99. The third-order valence-corrected chi connectivity index (χ3v) is 4.14. The molecule has 2 heterocycles. The van der Waals surface area contributed by atoms with E-state index in [1.165, 1.54) is 15.9 Å². The molecule has 0 unspecified atom stereocenters. The van der Waals surface area contributed by atoms with Crippen molar-refractivity contribution < 1.29 is 4.79 Å². The minimum absolute atomic E-state index is 0.00301. The fraction of sp³-hybridized carbons (Fsp3) is 0.385. The molecule has 0 spiro atoms. The van der Waals surface area contributed by atoms with Gasteiger partial charge < -0.3 is 9.47 Å². The maximum atomic E-state index is 12.2. The van der Waals surface area contributed by atoms with Crippen LogP contribution in [-0.2, 0) is 7.05 Å². The lowest BCUT2D eigenvalue weighted by molar-refractivity contribution is 0.0778. The normalized spacial score (nSPS) is 10.8. The smallest absolute Gasteiger partial charge is 0.268 e. The van der Waals surface area contributed by atoms with Gasteiger partial charge in [-0.2, -0.15) is 0 Å². The predicted molar refractivity (Wildman–Crippen MR) is 74.3 cm³/mol. The predicted octanol–water partition coefficient (Wildman–Crippen LogP) is 2.08. The lowest BCUT2D eigenvalue weighted by atomic mass is 10.3. The summed E-state index contributed by atoms with van der Waals surface area (Å²) in [4.78, 5) is 26.5. The number of pyridine rings is 1. The van der Waals surface area contributed by atoms with E-state index in [1.54, 1.807) is 18.1 Å². The second kappa shape index (κ2) is 4.94. The molecule has 0 aliphatic heterocycles. The molecule has 0 radical (unpaired) electrons. The molecule has 0 atom stereocenters. The van der Waals surface area contributed by atoms with Gasteiger partial charge in [0.1, 0.15) is 4.70 Å². The quantitative estimate of drug-likeness (QED) is 0.851. The van der Waals surface area contributed by atoms with Crippen LogP contribution in [0.4, 0.5) is 0 Å². The average molecular weight is 264 g/mol. The van der Waals surface area contributed by atoms with Gasteiger partial charge in [-0.25, -0.2) is 0 Å². The highest BCUT2D eigenvalue weighted by Gasteiger charge is 2.16. The van der Waals surface area contributed by atoms with E-state index in [0.717, 1.165) is 5.39 Å². The summed E-state index contributed by atoms with van der Waals surface area (Å²) in [7, 11) is 1.72. The number of hydrogen-bond acceptors (Lipinski definition) is 3. The van der Waals surface area contributed by atoms with Gasteiger partial charge in [0.15, 0.2) is 0 Å².